The summed E-state index contributed by atoms with van der Waals surface area (Å²) in [6.07, 6.45) is 3.55. The Balaban J connectivity index is 2.69. The van der Waals surface area contributed by atoms with Crippen LogP contribution in [-0.2, 0) is 0 Å². The van der Waals surface area contributed by atoms with Gasteiger partial charge >= 0.3 is 0 Å². The van der Waals surface area contributed by atoms with Crippen LogP contribution in [0.3, 0.4) is 0 Å². The molecule has 1 rings (SSSR count). The van der Waals surface area contributed by atoms with E-state index in [1.54, 1.807) is 18.2 Å². The first-order chi connectivity index (χ1) is 6.22. The molecule has 0 heterocycles. The van der Waals surface area contributed by atoms with Crippen LogP contribution in [0.4, 0.5) is 10.1 Å². The first-order valence-corrected chi connectivity index (χ1v) is 4.04. The highest BCUT2D eigenvalue weighted by atomic mass is 19.1. The van der Waals surface area contributed by atoms with Crippen molar-refractivity contribution in [1.82, 2.24) is 0 Å². The van der Waals surface area contributed by atoms with Gasteiger partial charge in [-0.3, -0.25) is 0 Å². The first-order valence-electron chi connectivity index (χ1n) is 4.04. The number of halogens is 1. The topological polar surface area (TPSA) is 12.0 Å². The Bertz CT molecular complexity index is 311. The lowest BCUT2D eigenvalue weighted by molar-refractivity contribution is 0.628. The van der Waals surface area contributed by atoms with E-state index >= 15 is 0 Å². The van der Waals surface area contributed by atoms with Crippen molar-refractivity contribution in [2.75, 3.05) is 5.32 Å². The van der Waals surface area contributed by atoms with E-state index in [0.717, 1.165) is 11.4 Å². The minimum absolute atomic E-state index is 0.226. The third kappa shape index (κ3) is 3.11. The van der Waals surface area contributed by atoms with Gasteiger partial charge in [-0.25, -0.2) is 4.39 Å². The standard InChI is InChI=1S/C11H12FN/c1-3-4-9(2)13-11-7-5-10(12)6-8-11/h3-8,13H,1H2,2H3/b9-4-. The zero-order chi connectivity index (χ0) is 9.68. The molecule has 0 fully saturated rings. The Labute approximate surface area is 77.6 Å². The molecule has 0 unspecified atom stereocenters. The molecule has 2 heteroatoms. The summed E-state index contributed by atoms with van der Waals surface area (Å²) in [6.45, 7) is 5.50. The number of benzene rings is 1. The monoisotopic (exact) mass is 177 g/mol. The predicted molar refractivity (Wildman–Crippen MR) is 54.0 cm³/mol. The lowest BCUT2D eigenvalue weighted by atomic mass is 10.3. The van der Waals surface area contributed by atoms with Gasteiger partial charge in [0.1, 0.15) is 5.82 Å². The zero-order valence-corrected chi connectivity index (χ0v) is 7.55. The molecule has 1 aromatic rings. The zero-order valence-electron chi connectivity index (χ0n) is 7.55. The molecule has 1 aromatic carbocycles. The Hall–Kier alpha value is -1.57. The number of nitrogens with one attached hydrogen (secondary N) is 1. The van der Waals surface area contributed by atoms with Crippen LogP contribution in [0.1, 0.15) is 6.92 Å². The molecule has 0 saturated carbocycles. The van der Waals surface area contributed by atoms with Crippen molar-refractivity contribution in [1.29, 1.82) is 0 Å². The van der Waals surface area contributed by atoms with Crippen LogP contribution in [-0.4, -0.2) is 0 Å². The summed E-state index contributed by atoms with van der Waals surface area (Å²) < 4.78 is 12.5. The Morgan fingerprint density at radius 1 is 1.38 bits per heavy atom. The summed E-state index contributed by atoms with van der Waals surface area (Å²) in [5.41, 5.74) is 1.85. The molecule has 0 saturated heterocycles. The molecule has 0 atom stereocenters. The van der Waals surface area contributed by atoms with Crippen LogP contribution in [0, 0.1) is 5.82 Å². The fourth-order valence-corrected chi connectivity index (χ4v) is 0.979. The number of rotatable bonds is 3. The summed E-state index contributed by atoms with van der Waals surface area (Å²) in [5.74, 6) is -0.226. The van der Waals surface area contributed by atoms with Crippen LogP contribution >= 0.6 is 0 Å². The van der Waals surface area contributed by atoms with E-state index in [-0.39, 0.29) is 5.82 Å². The Kier molecular flexibility index (Phi) is 3.26. The maximum Gasteiger partial charge on any atom is 0.123 e. The summed E-state index contributed by atoms with van der Waals surface area (Å²) in [4.78, 5) is 0. The van der Waals surface area contributed by atoms with Crippen molar-refractivity contribution in [2.24, 2.45) is 0 Å². The molecule has 0 aromatic heterocycles. The van der Waals surface area contributed by atoms with Crippen LogP contribution < -0.4 is 5.32 Å². The number of hydrogen-bond donors (Lipinski definition) is 1. The molecule has 68 valence electrons. The lowest BCUT2D eigenvalue weighted by Gasteiger charge is -2.04. The van der Waals surface area contributed by atoms with Gasteiger partial charge in [0.2, 0.25) is 0 Å². The van der Waals surface area contributed by atoms with E-state index in [0.29, 0.717) is 0 Å². The van der Waals surface area contributed by atoms with Crippen molar-refractivity contribution < 1.29 is 4.39 Å². The average Bonchev–Trinajstić information content (AvgIpc) is 2.09. The summed E-state index contributed by atoms with van der Waals surface area (Å²) >= 11 is 0. The van der Waals surface area contributed by atoms with Gasteiger partial charge < -0.3 is 5.32 Å². The lowest BCUT2D eigenvalue weighted by Crippen LogP contribution is -1.94. The number of allylic oxidation sites excluding steroid dienone is 3. The van der Waals surface area contributed by atoms with Gasteiger partial charge in [0.25, 0.3) is 0 Å². The fourth-order valence-electron chi connectivity index (χ4n) is 0.979. The van der Waals surface area contributed by atoms with E-state index in [4.69, 9.17) is 0 Å². The Morgan fingerprint density at radius 2 is 2.00 bits per heavy atom. The molecule has 0 radical (unpaired) electrons. The number of anilines is 1. The minimum Gasteiger partial charge on any atom is -0.359 e. The van der Waals surface area contributed by atoms with Crippen LogP contribution in [0.2, 0.25) is 0 Å². The second-order valence-corrected chi connectivity index (χ2v) is 2.72. The van der Waals surface area contributed by atoms with E-state index in [9.17, 15) is 4.39 Å². The van der Waals surface area contributed by atoms with Crippen molar-refractivity contribution in [3.8, 4) is 0 Å². The highest BCUT2D eigenvalue weighted by Gasteiger charge is 1.92. The molecular formula is C11H12FN. The SMILES string of the molecule is C=C/C=C(/C)Nc1ccc(F)cc1. The molecule has 0 amide bonds. The second kappa shape index (κ2) is 4.45. The van der Waals surface area contributed by atoms with Gasteiger partial charge in [-0.2, -0.15) is 0 Å². The fraction of sp³-hybridized carbons (Fsp3) is 0.0909. The molecule has 0 aliphatic carbocycles. The highest BCUT2D eigenvalue weighted by molar-refractivity contribution is 5.47. The van der Waals surface area contributed by atoms with E-state index in [1.807, 2.05) is 13.0 Å². The van der Waals surface area contributed by atoms with Crippen LogP contribution in [0.5, 0.6) is 0 Å². The maximum atomic E-state index is 12.5. The largest absolute Gasteiger partial charge is 0.359 e. The van der Waals surface area contributed by atoms with Gasteiger partial charge in [-0.1, -0.05) is 12.7 Å². The third-order valence-corrected chi connectivity index (χ3v) is 1.55. The quantitative estimate of drug-likeness (QED) is 0.698. The predicted octanol–water partition coefficient (Wildman–Crippen LogP) is 3.33. The first kappa shape index (κ1) is 9.52. The van der Waals surface area contributed by atoms with Gasteiger partial charge in [0, 0.05) is 11.4 Å². The van der Waals surface area contributed by atoms with E-state index < -0.39 is 0 Å². The maximum absolute atomic E-state index is 12.5. The van der Waals surface area contributed by atoms with Crippen molar-refractivity contribution in [3.63, 3.8) is 0 Å². The Morgan fingerprint density at radius 3 is 2.54 bits per heavy atom. The van der Waals surface area contributed by atoms with Gasteiger partial charge in [0.15, 0.2) is 0 Å². The smallest absolute Gasteiger partial charge is 0.123 e. The molecule has 0 aliphatic rings. The average molecular weight is 177 g/mol. The van der Waals surface area contributed by atoms with Gasteiger partial charge in [-0.05, 0) is 37.3 Å². The number of hydrogen-bond acceptors (Lipinski definition) is 1. The molecule has 0 spiro atoms. The van der Waals surface area contributed by atoms with Crippen molar-refractivity contribution in [3.05, 3.63) is 54.5 Å². The normalized spacial score (nSPS) is 11.1. The molecule has 1 N–H and O–H groups in total. The molecule has 1 nitrogen and oxygen atoms in total. The minimum atomic E-state index is -0.226. The highest BCUT2D eigenvalue weighted by Crippen LogP contribution is 2.10. The summed E-state index contributed by atoms with van der Waals surface area (Å²) in [7, 11) is 0. The van der Waals surface area contributed by atoms with Crippen molar-refractivity contribution in [2.45, 2.75) is 6.92 Å². The molecule has 0 aliphatic heterocycles. The van der Waals surface area contributed by atoms with E-state index in [1.165, 1.54) is 12.1 Å². The third-order valence-electron chi connectivity index (χ3n) is 1.55. The molecule has 0 bridgehead atoms. The van der Waals surface area contributed by atoms with E-state index in [2.05, 4.69) is 11.9 Å². The second-order valence-electron chi connectivity index (χ2n) is 2.72. The molecular weight excluding hydrogens is 165 g/mol. The van der Waals surface area contributed by atoms with Crippen LogP contribution in [0.15, 0.2) is 48.7 Å². The molecule has 13 heavy (non-hydrogen) atoms. The summed E-state index contributed by atoms with van der Waals surface area (Å²) in [6, 6.07) is 6.22. The van der Waals surface area contributed by atoms with Gasteiger partial charge in [0.05, 0.1) is 0 Å². The summed E-state index contributed by atoms with van der Waals surface area (Å²) in [5, 5.41) is 3.09. The van der Waals surface area contributed by atoms with Crippen LogP contribution in [0.25, 0.3) is 0 Å². The van der Waals surface area contributed by atoms with Gasteiger partial charge in [-0.15, -0.1) is 0 Å². The van der Waals surface area contributed by atoms with Crippen molar-refractivity contribution >= 4 is 5.69 Å².